The molecule has 1 N–H and O–H groups in total. The number of hydrogen-bond acceptors (Lipinski definition) is 5. The highest BCUT2D eigenvalue weighted by molar-refractivity contribution is 9.10. The first-order valence-corrected chi connectivity index (χ1v) is 9.05. The Morgan fingerprint density at radius 2 is 2.12 bits per heavy atom. The standard InChI is InChI=1S/C19H18BrN3O2/c20-16-3-1-2-15-17(5-8-22-19(15)16)23-11-13-4-7-21-18(10-13)25-14-6-9-24-12-14/h1-5,7-8,10,14H,6,9,11-12H2,(H,22,23). The van der Waals surface area contributed by atoms with E-state index in [-0.39, 0.29) is 6.10 Å². The maximum atomic E-state index is 5.87. The molecule has 1 saturated heterocycles. The molecule has 2 aromatic heterocycles. The van der Waals surface area contributed by atoms with E-state index in [4.69, 9.17) is 9.47 Å². The number of fused-ring (bicyclic) bond motifs is 1. The van der Waals surface area contributed by atoms with Crippen LogP contribution >= 0.6 is 15.9 Å². The molecule has 0 radical (unpaired) electrons. The molecule has 4 rings (SSSR count). The average molecular weight is 400 g/mol. The van der Waals surface area contributed by atoms with E-state index in [9.17, 15) is 0 Å². The second kappa shape index (κ2) is 7.37. The fourth-order valence-corrected chi connectivity index (χ4v) is 3.36. The molecule has 0 aliphatic carbocycles. The molecule has 6 heteroatoms. The van der Waals surface area contributed by atoms with Gasteiger partial charge < -0.3 is 14.8 Å². The molecule has 3 aromatic rings. The third kappa shape index (κ3) is 3.75. The van der Waals surface area contributed by atoms with E-state index >= 15 is 0 Å². The Morgan fingerprint density at radius 3 is 3.00 bits per heavy atom. The minimum absolute atomic E-state index is 0.109. The van der Waals surface area contributed by atoms with Gasteiger partial charge in [-0.3, -0.25) is 4.98 Å². The zero-order chi connectivity index (χ0) is 17.1. The first-order chi connectivity index (χ1) is 12.3. The highest BCUT2D eigenvalue weighted by atomic mass is 79.9. The monoisotopic (exact) mass is 399 g/mol. The number of halogens is 1. The molecule has 1 fully saturated rings. The van der Waals surface area contributed by atoms with Gasteiger partial charge >= 0.3 is 0 Å². The molecule has 25 heavy (non-hydrogen) atoms. The van der Waals surface area contributed by atoms with Crippen LogP contribution in [-0.4, -0.2) is 29.3 Å². The summed E-state index contributed by atoms with van der Waals surface area (Å²) in [5.74, 6) is 0.650. The lowest BCUT2D eigenvalue weighted by Crippen LogP contribution is -2.16. The number of hydrogen-bond donors (Lipinski definition) is 1. The normalized spacial score (nSPS) is 16.9. The molecule has 1 aliphatic rings. The maximum Gasteiger partial charge on any atom is 0.213 e. The number of benzene rings is 1. The Kier molecular flexibility index (Phi) is 4.81. The van der Waals surface area contributed by atoms with Crippen molar-refractivity contribution in [2.24, 2.45) is 0 Å². The first kappa shape index (κ1) is 16.3. The number of pyridine rings is 2. The molecule has 1 aromatic carbocycles. The zero-order valence-electron chi connectivity index (χ0n) is 13.6. The summed E-state index contributed by atoms with van der Waals surface area (Å²) in [6.45, 7) is 2.09. The van der Waals surface area contributed by atoms with Crippen LogP contribution in [0, 0.1) is 0 Å². The summed E-state index contributed by atoms with van der Waals surface area (Å²) in [5, 5.41) is 4.57. The summed E-state index contributed by atoms with van der Waals surface area (Å²) in [4.78, 5) is 8.74. The lowest BCUT2D eigenvalue weighted by Gasteiger charge is -2.13. The van der Waals surface area contributed by atoms with E-state index in [1.807, 2.05) is 36.5 Å². The van der Waals surface area contributed by atoms with Gasteiger partial charge in [0, 0.05) is 47.0 Å². The van der Waals surface area contributed by atoms with Crippen molar-refractivity contribution in [1.29, 1.82) is 0 Å². The SMILES string of the molecule is Brc1cccc2c(NCc3ccnc(OC4CCOC4)c3)ccnc12. The van der Waals surface area contributed by atoms with Crippen LogP contribution in [0.1, 0.15) is 12.0 Å². The van der Waals surface area contributed by atoms with Gasteiger partial charge in [-0.25, -0.2) is 4.98 Å². The van der Waals surface area contributed by atoms with Gasteiger partial charge in [0.25, 0.3) is 0 Å². The maximum absolute atomic E-state index is 5.87. The fraction of sp³-hybridized carbons (Fsp3) is 0.263. The van der Waals surface area contributed by atoms with Crippen molar-refractivity contribution in [3.63, 3.8) is 0 Å². The van der Waals surface area contributed by atoms with Crippen molar-refractivity contribution in [3.8, 4) is 5.88 Å². The van der Waals surface area contributed by atoms with Crippen LogP contribution in [0.3, 0.4) is 0 Å². The van der Waals surface area contributed by atoms with Crippen LogP contribution in [0.15, 0.2) is 53.3 Å². The Morgan fingerprint density at radius 1 is 1.20 bits per heavy atom. The van der Waals surface area contributed by atoms with E-state index in [1.165, 1.54) is 0 Å². The highest BCUT2D eigenvalue weighted by Crippen LogP contribution is 2.27. The number of nitrogens with zero attached hydrogens (tertiary/aromatic N) is 2. The topological polar surface area (TPSA) is 56.3 Å². The number of nitrogens with one attached hydrogen (secondary N) is 1. The predicted molar refractivity (Wildman–Crippen MR) is 101 cm³/mol. The molecule has 5 nitrogen and oxygen atoms in total. The van der Waals surface area contributed by atoms with Gasteiger partial charge in [-0.05, 0) is 39.7 Å². The Labute approximate surface area is 154 Å². The van der Waals surface area contributed by atoms with Crippen molar-refractivity contribution >= 4 is 32.5 Å². The molecule has 0 spiro atoms. The van der Waals surface area contributed by atoms with Crippen LogP contribution in [0.5, 0.6) is 5.88 Å². The minimum Gasteiger partial charge on any atom is -0.472 e. The van der Waals surface area contributed by atoms with Gasteiger partial charge in [-0.15, -0.1) is 0 Å². The van der Waals surface area contributed by atoms with Gasteiger partial charge in [-0.1, -0.05) is 12.1 Å². The zero-order valence-corrected chi connectivity index (χ0v) is 15.2. The Bertz CT molecular complexity index is 881. The first-order valence-electron chi connectivity index (χ1n) is 8.26. The van der Waals surface area contributed by atoms with E-state index in [0.29, 0.717) is 19.0 Å². The van der Waals surface area contributed by atoms with Crippen molar-refractivity contribution in [2.45, 2.75) is 19.1 Å². The lowest BCUT2D eigenvalue weighted by molar-refractivity contribution is 0.138. The molecule has 0 bridgehead atoms. The van der Waals surface area contributed by atoms with Gasteiger partial charge in [0.05, 0.1) is 18.7 Å². The average Bonchev–Trinajstić information content (AvgIpc) is 3.14. The summed E-state index contributed by atoms with van der Waals surface area (Å²) < 4.78 is 12.2. The van der Waals surface area contributed by atoms with Crippen molar-refractivity contribution in [2.75, 3.05) is 18.5 Å². The molecule has 1 unspecified atom stereocenters. The molecule has 0 amide bonds. The third-order valence-electron chi connectivity index (χ3n) is 4.18. The second-order valence-corrected chi connectivity index (χ2v) is 6.81. The van der Waals surface area contributed by atoms with Crippen LogP contribution < -0.4 is 10.1 Å². The molecular formula is C19H18BrN3O2. The highest BCUT2D eigenvalue weighted by Gasteiger charge is 2.17. The van der Waals surface area contributed by atoms with E-state index in [2.05, 4.69) is 37.3 Å². The number of rotatable bonds is 5. The number of anilines is 1. The summed E-state index contributed by atoms with van der Waals surface area (Å²) >= 11 is 3.55. The summed E-state index contributed by atoms with van der Waals surface area (Å²) in [6, 6.07) is 12.0. The van der Waals surface area contributed by atoms with Gasteiger partial charge in [0.15, 0.2) is 0 Å². The molecule has 0 saturated carbocycles. The van der Waals surface area contributed by atoms with Crippen LogP contribution in [0.2, 0.25) is 0 Å². The summed E-state index contributed by atoms with van der Waals surface area (Å²) in [5.41, 5.74) is 3.12. The van der Waals surface area contributed by atoms with Crippen molar-refractivity contribution < 1.29 is 9.47 Å². The van der Waals surface area contributed by atoms with E-state index in [0.717, 1.165) is 39.7 Å². The number of para-hydroxylation sites is 1. The summed E-state index contributed by atoms with van der Waals surface area (Å²) in [7, 11) is 0. The molecular weight excluding hydrogens is 382 g/mol. The van der Waals surface area contributed by atoms with Crippen LogP contribution in [-0.2, 0) is 11.3 Å². The van der Waals surface area contributed by atoms with Crippen molar-refractivity contribution in [1.82, 2.24) is 9.97 Å². The van der Waals surface area contributed by atoms with Crippen LogP contribution in [0.4, 0.5) is 5.69 Å². The summed E-state index contributed by atoms with van der Waals surface area (Å²) in [6.07, 6.45) is 4.62. The van der Waals surface area contributed by atoms with E-state index < -0.39 is 0 Å². The fourth-order valence-electron chi connectivity index (χ4n) is 2.89. The molecule has 128 valence electrons. The van der Waals surface area contributed by atoms with Gasteiger partial charge in [0.2, 0.25) is 5.88 Å². The Balaban J connectivity index is 1.49. The molecule has 3 heterocycles. The van der Waals surface area contributed by atoms with Gasteiger partial charge in [0.1, 0.15) is 6.10 Å². The number of aromatic nitrogens is 2. The largest absolute Gasteiger partial charge is 0.472 e. The third-order valence-corrected chi connectivity index (χ3v) is 4.82. The van der Waals surface area contributed by atoms with Gasteiger partial charge in [-0.2, -0.15) is 0 Å². The smallest absolute Gasteiger partial charge is 0.213 e. The Hall–Kier alpha value is -2.18. The molecule has 1 aliphatic heterocycles. The predicted octanol–water partition coefficient (Wildman–Crippen LogP) is 4.17. The van der Waals surface area contributed by atoms with E-state index in [1.54, 1.807) is 6.20 Å². The van der Waals surface area contributed by atoms with Crippen molar-refractivity contribution in [3.05, 3.63) is 58.8 Å². The lowest BCUT2D eigenvalue weighted by atomic mass is 10.2. The molecule has 1 atom stereocenters. The minimum atomic E-state index is 0.109. The van der Waals surface area contributed by atoms with Crippen LogP contribution in [0.25, 0.3) is 10.9 Å². The second-order valence-electron chi connectivity index (χ2n) is 5.95. The quantitative estimate of drug-likeness (QED) is 0.697. The number of ether oxygens (including phenoxy) is 2.